The number of rotatable bonds is 5. The summed E-state index contributed by atoms with van der Waals surface area (Å²) < 4.78 is 71.5. The Morgan fingerprint density at radius 1 is 1.21 bits per heavy atom. The first-order chi connectivity index (χ1) is 13.7. The van der Waals surface area contributed by atoms with E-state index in [2.05, 4.69) is 10.2 Å². The highest BCUT2D eigenvalue weighted by Crippen LogP contribution is 2.30. The van der Waals surface area contributed by atoms with Gasteiger partial charge in [-0.3, -0.25) is 9.89 Å². The molecule has 5 nitrogen and oxygen atoms in total. The Hall–Kier alpha value is -2.49. The predicted octanol–water partition coefficient (Wildman–Crippen LogP) is 4.31. The number of methoxy groups -OCH3 is 1. The Morgan fingerprint density at radius 3 is 2.48 bits per heavy atom. The molecular weight excluding hydrogens is 397 g/mol. The molecule has 1 amide bonds. The van der Waals surface area contributed by atoms with Crippen LogP contribution in [0.1, 0.15) is 47.4 Å². The Balaban J connectivity index is 1.88. The SMILES string of the molecule is CO[C@H]1CC[C@H](N(Cc2cc(F)ccc2F)C(=O)c2cc(C(F)(F)F)n[nH]2)CC1. The van der Waals surface area contributed by atoms with Crippen LogP contribution in [0, 0.1) is 11.6 Å². The minimum Gasteiger partial charge on any atom is -0.381 e. The summed E-state index contributed by atoms with van der Waals surface area (Å²) in [7, 11) is 1.58. The van der Waals surface area contributed by atoms with Gasteiger partial charge in [-0.2, -0.15) is 18.3 Å². The van der Waals surface area contributed by atoms with Crippen molar-refractivity contribution in [3.8, 4) is 0 Å². The average Bonchev–Trinajstić information content (AvgIpc) is 3.19. The first-order valence-corrected chi connectivity index (χ1v) is 9.09. The van der Waals surface area contributed by atoms with Crippen LogP contribution in [-0.4, -0.2) is 40.3 Å². The molecule has 1 heterocycles. The monoisotopic (exact) mass is 417 g/mol. The molecule has 0 atom stereocenters. The minimum absolute atomic E-state index is 0.0260. The Morgan fingerprint density at radius 2 is 1.90 bits per heavy atom. The molecule has 10 heteroatoms. The Bertz CT molecular complexity index is 860. The predicted molar refractivity (Wildman–Crippen MR) is 92.9 cm³/mol. The number of alkyl halides is 3. The number of benzene rings is 1. The van der Waals surface area contributed by atoms with Crippen molar-refractivity contribution in [2.45, 2.75) is 50.6 Å². The quantitative estimate of drug-likeness (QED) is 0.738. The van der Waals surface area contributed by atoms with Crippen LogP contribution in [0.2, 0.25) is 0 Å². The van der Waals surface area contributed by atoms with E-state index in [1.165, 1.54) is 4.90 Å². The maximum atomic E-state index is 14.1. The van der Waals surface area contributed by atoms with Gasteiger partial charge in [0.2, 0.25) is 0 Å². The van der Waals surface area contributed by atoms with Crippen molar-refractivity contribution in [3.63, 3.8) is 0 Å². The van der Waals surface area contributed by atoms with Crippen LogP contribution in [-0.2, 0) is 17.5 Å². The highest BCUT2D eigenvalue weighted by Gasteiger charge is 2.36. The normalized spacial score (nSPS) is 19.9. The second-order valence-corrected chi connectivity index (χ2v) is 7.00. The molecule has 1 aromatic carbocycles. The molecule has 1 saturated carbocycles. The van der Waals surface area contributed by atoms with Crippen LogP contribution in [0.4, 0.5) is 22.0 Å². The molecule has 0 radical (unpaired) electrons. The summed E-state index contributed by atoms with van der Waals surface area (Å²) >= 11 is 0. The number of ether oxygens (including phenoxy) is 1. The van der Waals surface area contributed by atoms with Gasteiger partial charge in [-0.25, -0.2) is 8.78 Å². The Labute approximate surface area is 163 Å². The van der Waals surface area contributed by atoms with E-state index in [-0.39, 0.29) is 29.9 Å². The number of carbonyl (C=O) groups is 1. The standard InChI is InChI=1S/C19H20F5N3O2/c1-29-14-5-3-13(4-6-14)27(10-11-8-12(20)2-7-15(11)21)18(28)16-9-17(26-25-16)19(22,23)24/h2,7-9,13-14H,3-6,10H2,1H3,(H,25,26)/t13-,14-. The van der Waals surface area contributed by atoms with E-state index in [9.17, 15) is 26.7 Å². The zero-order valence-electron chi connectivity index (χ0n) is 15.6. The molecule has 0 aliphatic heterocycles. The van der Waals surface area contributed by atoms with Crippen LogP contribution in [0.3, 0.4) is 0 Å². The zero-order valence-corrected chi connectivity index (χ0v) is 15.6. The summed E-state index contributed by atoms with van der Waals surface area (Å²) in [4.78, 5) is 14.3. The van der Waals surface area contributed by atoms with E-state index in [0.717, 1.165) is 18.2 Å². The molecule has 2 aromatic rings. The van der Waals surface area contributed by atoms with Gasteiger partial charge < -0.3 is 9.64 Å². The van der Waals surface area contributed by atoms with Gasteiger partial charge in [-0.1, -0.05) is 0 Å². The number of nitrogens with one attached hydrogen (secondary N) is 1. The highest BCUT2D eigenvalue weighted by molar-refractivity contribution is 5.92. The fourth-order valence-electron chi connectivity index (χ4n) is 3.54. The second-order valence-electron chi connectivity index (χ2n) is 7.00. The molecule has 0 spiro atoms. The van der Waals surface area contributed by atoms with E-state index in [4.69, 9.17) is 4.74 Å². The number of nitrogens with zero attached hydrogens (tertiary/aromatic N) is 2. The van der Waals surface area contributed by atoms with Crippen molar-refractivity contribution < 1.29 is 31.5 Å². The molecule has 29 heavy (non-hydrogen) atoms. The van der Waals surface area contributed by atoms with Crippen LogP contribution in [0.5, 0.6) is 0 Å². The number of H-pyrrole nitrogens is 1. The summed E-state index contributed by atoms with van der Waals surface area (Å²) in [5, 5.41) is 5.26. The van der Waals surface area contributed by atoms with Gasteiger partial charge in [0.25, 0.3) is 5.91 Å². The lowest BCUT2D eigenvalue weighted by molar-refractivity contribution is -0.141. The Kier molecular flexibility index (Phi) is 6.21. The number of hydrogen-bond donors (Lipinski definition) is 1. The second kappa shape index (κ2) is 8.48. The van der Waals surface area contributed by atoms with Gasteiger partial charge >= 0.3 is 6.18 Å². The van der Waals surface area contributed by atoms with E-state index in [0.29, 0.717) is 31.7 Å². The summed E-state index contributed by atoms with van der Waals surface area (Å²) in [5.74, 6) is -2.12. The molecule has 3 rings (SSSR count). The van der Waals surface area contributed by atoms with Crippen molar-refractivity contribution in [2.75, 3.05) is 7.11 Å². The van der Waals surface area contributed by atoms with Gasteiger partial charge in [0.05, 0.1) is 6.10 Å². The number of hydrogen-bond acceptors (Lipinski definition) is 3. The van der Waals surface area contributed by atoms with Crippen molar-refractivity contribution >= 4 is 5.91 Å². The molecule has 1 aliphatic rings. The van der Waals surface area contributed by atoms with Gasteiger partial charge in [0, 0.05) is 31.3 Å². The van der Waals surface area contributed by atoms with Crippen molar-refractivity contribution in [3.05, 3.63) is 52.9 Å². The van der Waals surface area contributed by atoms with Crippen LogP contribution < -0.4 is 0 Å². The first-order valence-electron chi connectivity index (χ1n) is 9.09. The summed E-state index contributed by atoms with van der Waals surface area (Å²) in [5.41, 5.74) is -1.63. The van der Waals surface area contributed by atoms with Crippen molar-refractivity contribution in [1.82, 2.24) is 15.1 Å². The molecule has 0 unspecified atom stereocenters. The minimum atomic E-state index is -4.70. The zero-order chi connectivity index (χ0) is 21.2. The van der Waals surface area contributed by atoms with Gasteiger partial charge in [-0.15, -0.1) is 0 Å². The van der Waals surface area contributed by atoms with E-state index < -0.39 is 29.4 Å². The molecule has 1 fully saturated rings. The molecule has 0 saturated heterocycles. The smallest absolute Gasteiger partial charge is 0.381 e. The van der Waals surface area contributed by atoms with Crippen LogP contribution in [0.25, 0.3) is 0 Å². The van der Waals surface area contributed by atoms with Gasteiger partial charge in [-0.05, 0) is 43.9 Å². The third-order valence-corrected chi connectivity index (χ3v) is 5.13. The summed E-state index contributed by atoms with van der Waals surface area (Å²) in [6, 6.07) is 3.16. The van der Waals surface area contributed by atoms with Crippen molar-refractivity contribution in [2.24, 2.45) is 0 Å². The summed E-state index contributed by atoms with van der Waals surface area (Å²) in [6.45, 7) is -0.273. The number of amides is 1. The lowest BCUT2D eigenvalue weighted by Gasteiger charge is -2.36. The lowest BCUT2D eigenvalue weighted by Crippen LogP contribution is -2.43. The summed E-state index contributed by atoms with van der Waals surface area (Å²) in [6.07, 6.45) is -2.33. The molecule has 1 aliphatic carbocycles. The lowest BCUT2D eigenvalue weighted by atomic mass is 9.91. The average molecular weight is 417 g/mol. The van der Waals surface area contributed by atoms with E-state index in [1.54, 1.807) is 7.11 Å². The molecule has 158 valence electrons. The first kappa shape index (κ1) is 21.2. The highest BCUT2D eigenvalue weighted by atomic mass is 19.4. The molecule has 1 aromatic heterocycles. The van der Waals surface area contributed by atoms with Crippen LogP contribution >= 0.6 is 0 Å². The fraction of sp³-hybridized carbons (Fsp3) is 0.474. The van der Waals surface area contributed by atoms with E-state index in [1.807, 2.05) is 0 Å². The van der Waals surface area contributed by atoms with E-state index >= 15 is 0 Å². The molecule has 1 N–H and O–H groups in total. The van der Waals surface area contributed by atoms with Gasteiger partial charge in [0.1, 0.15) is 17.3 Å². The third kappa shape index (κ3) is 4.92. The number of aromatic amines is 1. The molecule has 0 bridgehead atoms. The fourth-order valence-corrected chi connectivity index (χ4v) is 3.54. The van der Waals surface area contributed by atoms with Gasteiger partial charge in [0.15, 0.2) is 5.69 Å². The largest absolute Gasteiger partial charge is 0.435 e. The topological polar surface area (TPSA) is 58.2 Å². The van der Waals surface area contributed by atoms with Crippen molar-refractivity contribution in [1.29, 1.82) is 0 Å². The van der Waals surface area contributed by atoms with Crippen LogP contribution in [0.15, 0.2) is 24.3 Å². The third-order valence-electron chi connectivity index (χ3n) is 5.13. The number of halogens is 5. The molecular formula is C19H20F5N3O2. The maximum absolute atomic E-state index is 14.1. The number of carbonyl (C=O) groups excluding carboxylic acids is 1. The maximum Gasteiger partial charge on any atom is 0.435 e. The number of aromatic nitrogens is 2.